The lowest BCUT2D eigenvalue weighted by molar-refractivity contribution is -0.138. The molecule has 136 valence electrons. The number of carbonyl (C=O) groups is 3. The summed E-state index contributed by atoms with van der Waals surface area (Å²) in [5, 5.41) is 10.3. The number of carbonyl (C=O) groups excluding carboxylic acids is 3. The van der Waals surface area contributed by atoms with Gasteiger partial charge in [-0.05, 0) is 30.2 Å². The number of rotatable bonds is 8. The van der Waals surface area contributed by atoms with Crippen molar-refractivity contribution in [2.24, 2.45) is 11.7 Å². The summed E-state index contributed by atoms with van der Waals surface area (Å²) in [5.41, 5.74) is 6.68. The number of H-pyrrole nitrogens is 1. The molecule has 0 fully saturated rings. The average molecular weight is 364 g/mol. The number of Topliss-reactive ketones (excluding diaryl/α,β-unsaturated/α-hetero) is 2. The van der Waals surface area contributed by atoms with Gasteiger partial charge in [-0.25, -0.2) is 0 Å². The second kappa shape index (κ2) is 8.09. The second-order valence-electron chi connectivity index (χ2n) is 5.85. The zero-order valence-corrected chi connectivity index (χ0v) is 14.2. The minimum Gasteiger partial charge on any atom is -0.363 e. The van der Waals surface area contributed by atoms with Gasteiger partial charge in [0.25, 0.3) is 5.91 Å². The molecule has 0 saturated heterocycles. The van der Waals surface area contributed by atoms with Crippen LogP contribution < -0.4 is 5.73 Å². The lowest BCUT2D eigenvalue weighted by Crippen LogP contribution is -2.33. The van der Waals surface area contributed by atoms with E-state index in [9.17, 15) is 14.4 Å². The molecular formula is C18H16N6O3. The predicted octanol–water partition coefficient (Wildman–Crippen LogP) is 0.748. The quantitative estimate of drug-likeness (QED) is 0.443. The third-order valence-corrected chi connectivity index (χ3v) is 3.97. The molecule has 0 aliphatic carbocycles. The molecule has 27 heavy (non-hydrogen) atoms. The molecular weight excluding hydrogens is 348 g/mol. The molecule has 0 saturated carbocycles. The zero-order chi connectivity index (χ0) is 19.2. The Morgan fingerprint density at radius 3 is 2.59 bits per heavy atom. The Kier molecular flexibility index (Phi) is 5.41. The molecule has 0 radical (unpaired) electrons. The SMILES string of the molecule is NC(=O)C(=O)C(CC(=O)c1n[nH]nc1-c1ccccn1)Cc1cccnc1. The Balaban J connectivity index is 1.84. The first-order valence-electron chi connectivity index (χ1n) is 8.14. The molecule has 1 amide bonds. The van der Waals surface area contributed by atoms with E-state index < -0.39 is 23.4 Å². The van der Waals surface area contributed by atoms with Gasteiger partial charge in [-0.1, -0.05) is 12.1 Å². The van der Waals surface area contributed by atoms with Crippen molar-refractivity contribution in [2.45, 2.75) is 12.8 Å². The number of hydrogen-bond donors (Lipinski definition) is 2. The molecule has 3 aromatic rings. The van der Waals surface area contributed by atoms with Gasteiger partial charge in [0.15, 0.2) is 11.5 Å². The first-order valence-corrected chi connectivity index (χ1v) is 8.14. The van der Waals surface area contributed by atoms with Crippen molar-refractivity contribution >= 4 is 17.5 Å². The molecule has 9 nitrogen and oxygen atoms in total. The van der Waals surface area contributed by atoms with Crippen molar-refractivity contribution < 1.29 is 14.4 Å². The van der Waals surface area contributed by atoms with Crippen LogP contribution in [0.2, 0.25) is 0 Å². The fourth-order valence-corrected chi connectivity index (χ4v) is 2.69. The fourth-order valence-electron chi connectivity index (χ4n) is 2.69. The zero-order valence-electron chi connectivity index (χ0n) is 14.2. The summed E-state index contributed by atoms with van der Waals surface area (Å²) in [4.78, 5) is 44.5. The van der Waals surface area contributed by atoms with E-state index >= 15 is 0 Å². The monoisotopic (exact) mass is 364 g/mol. The Labute approximate surface area is 154 Å². The maximum Gasteiger partial charge on any atom is 0.285 e. The van der Waals surface area contributed by atoms with Gasteiger partial charge >= 0.3 is 0 Å². The van der Waals surface area contributed by atoms with Gasteiger partial charge in [0, 0.05) is 30.9 Å². The summed E-state index contributed by atoms with van der Waals surface area (Å²) in [5.74, 6) is -3.24. The highest BCUT2D eigenvalue weighted by atomic mass is 16.2. The second-order valence-corrected chi connectivity index (χ2v) is 5.85. The minimum absolute atomic E-state index is 0.0576. The normalized spacial score (nSPS) is 11.7. The summed E-state index contributed by atoms with van der Waals surface area (Å²) in [6.07, 6.45) is 4.66. The van der Waals surface area contributed by atoms with Crippen LogP contribution in [-0.2, 0) is 16.0 Å². The molecule has 9 heteroatoms. The molecule has 0 aromatic carbocycles. The maximum atomic E-state index is 12.8. The van der Waals surface area contributed by atoms with Crippen LogP contribution in [0, 0.1) is 5.92 Å². The van der Waals surface area contributed by atoms with Crippen LogP contribution in [0.5, 0.6) is 0 Å². The molecule has 0 aliphatic heterocycles. The van der Waals surface area contributed by atoms with E-state index in [1.807, 2.05) is 0 Å². The third-order valence-electron chi connectivity index (χ3n) is 3.97. The van der Waals surface area contributed by atoms with E-state index in [2.05, 4.69) is 25.4 Å². The van der Waals surface area contributed by atoms with Gasteiger partial charge in [-0.15, -0.1) is 0 Å². The summed E-state index contributed by atoms with van der Waals surface area (Å²) < 4.78 is 0. The lowest BCUT2D eigenvalue weighted by atomic mass is 9.89. The summed E-state index contributed by atoms with van der Waals surface area (Å²) in [6, 6.07) is 8.65. The van der Waals surface area contributed by atoms with Crippen molar-refractivity contribution in [3.63, 3.8) is 0 Å². The van der Waals surface area contributed by atoms with Gasteiger partial charge in [0.05, 0.1) is 5.69 Å². The number of hydrogen-bond acceptors (Lipinski definition) is 7. The van der Waals surface area contributed by atoms with Crippen LogP contribution >= 0.6 is 0 Å². The molecule has 3 N–H and O–H groups in total. The maximum absolute atomic E-state index is 12.8. The number of pyridine rings is 2. The number of nitrogens with two attached hydrogens (primary N) is 1. The number of nitrogens with one attached hydrogen (secondary N) is 1. The largest absolute Gasteiger partial charge is 0.363 e. The van der Waals surface area contributed by atoms with Crippen LogP contribution in [0.1, 0.15) is 22.5 Å². The highest BCUT2D eigenvalue weighted by Gasteiger charge is 2.29. The molecule has 0 spiro atoms. The van der Waals surface area contributed by atoms with Crippen molar-refractivity contribution in [1.29, 1.82) is 0 Å². The molecule has 3 heterocycles. The first-order chi connectivity index (χ1) is 13.1. The topological polar surface area (TPSA) is 145 Å². The van der Waals surface area contributed by atoms with E-state index in [-0.39, 0.29) is 24.2 Å². The standard InChI is InChI=1S/C18H16N6O3/c19-18(27)17(26)12(8-11-4-3-6-20-10-11)9-14(25)16-15(22-24-23-16)13-5-1-2-7-21-13/h1-7,10,12H,8-9H2,(H2,19,27)(H,22,23,24). The molecule has 3 aromatic heterocycles. The van der Waals surface area contributed by atoms with Crippen molar-refractivity contribution in [3.05, 3.63) is 60.2 Å². The van der Waals surface area contributed by atoms with Crippen molar-refractivity contribution in [3.8, 4) is 11.4 Å². The van der Waals surface area contributed by atoms with Gasteiger partial charge in [0.2, 0.25) is 5.78 Å². The number of amides is 1. The number of nitrogens with zero attached hydrogens (tertiary/aromatic N) is 4. The average Bonchev–Trinajstić information content (AvgIpc) is 3.18. The number of ketones is 2. The van der Waals surface area contributed by atoms with Crippen LogP contribution in [0.4, 0.5) is 0 Å². The van der Waals surface area contributed by atoms with Crippen molar-refractivity contribution in [1.82, 2.24) is 25.4 Å². The van der Waals surface area contributed by atoms with E-state index in [4.69, 9.17) is 5.73 Å². The fraction of sp³-hybridized carbons (Fsp3) is 0.167. The van der Waals surface area contributed by atoms with Gasteiger partial charge in [-0.2, -0.15) is 15.4 Å². The number of primary amides is 1. The molecule has 1 atom stereocenters. The van der Waals surface area contributed by atoms with Crippen LogP contribution in [0.25, 0.3) is 11.4 Å². The van der Waals surface area contributed by atoms with E-state index in [1.54, 1.807) is 48.9 Å². The number of aromatic amines is 1. The van der Waals surface area contributed by atoms with Gasteiger partial charge < -0.3 is 5.73 Å². The molecule has 1 unspecified atom stereocenters. The molecule has 0 aliphatic rings. The summed E-state index contributed by atoms with van der Waals surface area (Å²) >= 11 is 0. The van der Waals surface area contributed by atoms with Crippen molar-refractivity contribution in [2.75, 3.05) is 0 Å². The summed E-state index contributed by atoms with van der Waals surface area (Å²) in [7, 11) is 0. The first kappa shape index (κ1) is 18.1. The van der Waals surface area contributed by atoms with Crippen LogP contribution in [0.3, 0.4) is 0 Å². The van der Waals surface area contributed by atoms with Gasteiger partial charge in [0.1, 0.15) is 5.69 Å². The van der Waals surface area contributed by atoms with E-state index in [0.717, 1.165) is 5.56 Å². The van der Waals surface area contributed by atoms with Gasteiger partial charge in [-0.3, -0.25) is 24.4 Å². The summed E-state index contributed by atoms with van der Waals surface area (Å²) in [6.45, 7) is 0. The highest BCUT2D eigenvalue weighted by molar-refractivity contribution is 6.36. The third kappa shape index (κ3) is 4.27. The Hall–Kier alpha value is -3.75. The lowest BCUT2D eigenvalue weighted by Gasteiger charge is -2.13. The molecule has 0 bridgehead atoms. The van der Waals surface area contributed by atoms with Crippen LogP contribution in [-0.4, -0.2) is 42.9 Å². The Bertz CT molecular complexity index is 955. The Morgan fingerprint density at radius 1 is 1.07 bits per heavy atom. The highest BCUT2D eigenvalue weighted by Crippen LogP contribution is 2.21. The van der Waals surface area contributed by atoms with E-state index in [0.29, 0.717) is 5.69 Å². The predicted molar refractivity (Wildman–Crippen MR) is 94.2 cm³/mol. The van der Waals surface area contributed by atoms with Crippen LogP contribution in [0.15, 0.2) is 48.9 Å². The minimum atomic E-state index is -1.08. The molecule has 3 rings (SSSR count). The van der Waals surface area contributed by atoms with E-state index in [1.165, 1.54) is 0 Å². The smallest absolute Gasteiger partial charge is 0.285 e. The Morgan fingerprint density at radius 2 is 1.93 bits per heavy atom. The number of aromatic nitrogens is 5.